The van der Waals surface area contributed by atoms with E-state index in [0.717, 1.165) is 0 Å². The molecule has 1 heterocycles. The quantitative estimate of drug-likeness (QED) is 0.745. The number of nitrogens with one attached hydrogen (secondary N) is 3. The van der Waals surface area contributed by atoms with E-state index in [1.807, 2.05) is 0 Å². The summed E-state index contributed by atoms with van der Waals surface area (Å²) in [5.74, 6) is -1.25. The number of anilines is 2. The van der Waals surface area contributed by atoms with Gasteiger partial charge in [0.1, 0.15) is 5.76 Å². The van der Waals surface area contributed by atoms with Gasteiger partial charge in [-0.25, -0.2) is 0 Å². The minimum absolute atomic E-state index is 0.130. The Morgan fingerprint density at radius 2 is 1.73 bits per heavy atom. The van der Waals surface area contributed by atoms with Gasteiger partial charge in [-0.2, -0.15) is 0 Å². The van der Waals surface area contributed by atoms with E-state index >= 15 is 0 Å². The van der Waals surface area contributed by atoms with Gasteiger partial charge in [-0.1, -0.05) is 6.07 Å². The predicted octanol–water partition coefficient (Wildman–Crippen LogP) is 1.49. The molecule has 1 aromatic carbocycles. The number of furan rings is 1. The molecule has 0 aliphatic heterocycles. The summed E-state index contributed by atoms with van der Waals surface area (Å²) in [7, 11) is 0. The highest BCUT2D eigenvalue weighted by Crippen LogP contribution is 2.14. The van der Waals surface area contributed by atoms with Crippen molar-refractivity contribution in [2.45, 2.75) is 13.5 Å². The summed E-state index contributed by atoms with van der Waals surface area (Å²) >= 11 is 0. The average molecular weight is 301 g/mol. The molecule has 3 N–H and O–H groups in total. The minimum Gasteiger partial charge on any atom is -0.467 e. The van der Waals surface area contributed by atoms with Gasteiger partial charge in [-0.05, 0) is 30.3 Å². The van der Waals surface area contributed by atoms with Crippen LogP contribution in [0.3, 0.4) is 0 Å². The van der Waals surface area contributed by atoms with Crippen molar-refractivity contribution in [1.82, 2.24) is 5.32 Å². The molecule has 3 amide bonds. The second-order valence-corrected chi connectivity index (χ2v) is 4.48. The number of carbonyl (C=O) groups is 3. The highest BCUT2D eigenvalue weighted by atomic mass is 16.3. The van der Waals surface area contributed by atoms with Gasteiger partial charge in [-0.3, -0.25) is 14.4 Å². The zero-order valence-electron chi connectivity index (χ0n) is 11.9. The summed E-state index contributed by atoms with van der Waals surface area (Å²) in [6, 6.07) is 9.88. The topological polar surface area (TPSA) is 100 Å². The predicted molar refractivity (Wildman–Crippen MR) is 79.9 cm³/mol. The summed E-state index contributed by atoms with van der Waals surface area (Å²) in [6.45, 7) is 1.51. The molecule has 7 nitrogen and oxygen atoms in total. The maximum atomic E-state index is 11.8. The van der Waals surface area contributed by atoms with Crippen LogP contribution in [0, 0.1) is 0 Å². The Bertz CT molecular complexity index is 680. The second-order valence-electron chi connectivity index (χ2n) is 4.48. The first-order valence-corrected chi connectivity index (χ1v) is 6.54. The van der Waals surface area contributed by atoms with E-state index in [1.165, 1.54) is 13.2 Å². The van der Waals surface area contributed by atoms with Crippen LogP contribution in [0.4, 0.5) is 11.4 Å². The standard InChI is InChI=1S/C15H15N3O4/c1-10(19)17-11-4-2-5-12(8-11)18-15(21)14(20)16-9-13-6-3-7-22-13/h2-8H,9H2,1H3,(H,16,20)(H,17,19)(H,18,21). The first kappa shape index (κ1) is 15.3. The molecule has 0 atom stereocenters. The summed E-state index contributed by atoms with van der Waals surface area (Å²) in [4.78, 5) is 34.4. The third-order valence-electron chi connectivity index (χ3n) is 2.65. The van der Waals surface area contributed by atoms with Gasteiger partial charge < -0.3 is 20.4 Å². The van der Waals surface area contributed by atoms with Gasteiger partial charge in [0, 0.05) is 18.3 Å². The second kappa shape index (κ2) is 7.07. The third kappa shape index (κ3) is 4.48. The number of hydrogen-bond donors (Lipinski definition) is 3. The zero-order valence-corrected chi connectivity index (χ0v) is 11.9. The van der Waals surface area contributed by atoms with Crippen molar-refractivity contribution in [3.8, 4) is 0 Å². The Hall–Kier alpha value is -3.09. The Morgan fingerprint density at radius 3 is 2.36 bits per heavy atom. The molecule has 0 spiro atoms. The molecule has 2 aromatic rings. The SMILES string of the molecule is CC(=O)Nc1cccc(NC(=O)C(=O)NCc2ccco2)c1. The molecule has 2 rings (SSSR count). The van der Waals surface area contributed by atoms with E-state index in [0.29, 0.717) is 17.1 Å². The van der Waals surface area contributed by atoms with Crippen LogP contribution >= 0.6 is 0 Å². The van der Waals surface area contributed by atoms with Gasteiger partial charge in [0.05, 0.1) is 12.8 Å². The normalized spacial score (nSPS) is 9.86. The number of carbonyl (C=O) groups excluding carboxylic acids is 3. The zero-order chi connectivity index (χ0) is 15.9. The van der Waals surface area contributed by atoms with Crippen LogP contribution in [0.25, 0.3) is 0 Å². The van der Waals surface area contributed by atoms with Crippen molar-refractivity contribution in [2.75, 3.05) is 10.6 Å². The molecule has 0 aliphatic rings. The molecule has 7 heteroatoms. The van der Waals surface area contributed by atoms with Crippen molar-refractivity contribution in [2.24, 2.45) is 0 Å². The molecule has 0 saturated carbocycles. The van der Waals surface area contributed by atoms with Gasteiger partial charge in [0.25, 0.3) is 0 Å². The fraction of sp³-hybridized carbons (Fsp3) is 0.133. The van der Waals surface area contributed by atoms with E-state index in [9.17, 15) is 14.4 Å². The molecule has 0 fully saturated rings. The van der Waals surface area contributed by atoms with Gasteiger partial charge >= 0.3 is 11.8 Å². The molecule has 0 saturated heterocycles. The summed E-state index contributed by atoms with van der Waals surface area (Å²) in [6.07, 6.45) is 1.48. The van der Waals surface area contributed by atoms with Crippen LogP contribution in [0.15, 0.2) is 47.1 Å². The monoisotopic (exact) mass is 301 g/mol. The fourth-order valence-electron chi connectivity index (χ4n) is 1.73. The van der Waals surface area contributed by atoms with Gasteiger partial charge in [-0.15, -0.1) is 0 Å². The Labute approximate surface area is 126 Å². The number of hydrogen-bond acceptors (Lipinski definition) is 4. The van der Waals surface area contributed by atoms with Crippen LogP contribution in [-0.4, -0.2) is 17.7 Å². The van der Waals surface area contributed by atoms with Crippen LogP contribution in [0.1, 0.15) is 12.7 Å². The molecular formula is C15H15N3O4. The first-order valence-electron chi connectivity index (χ1n) is 6.54. The lowest BCUT2D eigenvalue weighted by Crippen LogP contribution is -2.34. The number of amides is 3. The van der Waals surface area contributed by atoms with Crippen molar-refractivity contribution in [3.05, 3.63) is 48.4 Å². The van der Waals surface area contributed by atoms with E-state index < -0.39 is 11.8 Å². The third-order valence-corrected chi connectivity index (χ3v) is 2.65. The van der Waals surface area contributed by atoms with Crippen molar-refractivity contribution < 1.29 is 18.8 Å². The minimum atomic E-state index is -0.800. The Balaban J connectivity index is 1.90. The lowest BCUT2D eigenvalue weighted by Gasteiger charge is -2.07. The van der Waals surface area contributed by atoms with Crippen LogP contribution in [0.5, 0.6) is 0 Å². The maximum Gasteiger partial charge on any atom is 0.313 e. The van der Waals surface area contributed by atoms with Crippen molar-refractivity contribution >= 4 is 29.1 Å². The van der Waals surface area contributed by atoms with E-state index in [4.69, 9.17) is 4.42 Å². The molecular weight excluding hydrogens is 286 g/mol. The number of rotatable bonds is 4. The van der Waals surface area contributed by atoms with E-state index in [-0.39, 0.29) is 12.5 Å². The first-order chi connectivity index (χ1) is 10.5. The van der Waals surface area contributed by atoms with E-state index in [1.54, 1.807) is 36.4 Å². The van der Waals surface area contributed by atoms with Gasteiger partial charge in [0.15, 0.2) is 0 Å². The Kier molecular flexibility index (Phi) is 4.92. The highest BCUT2D eigenvalue weighted by molar-refractivity contribution is 6.39. The van der Waals surface area contributed by atoms with Crippen LogP contribution in [0.2, 0.25) is 0 Å². The molecule has 0 radical (unpaired) electrons. The lowest BCUT2D eigenvalue weighted by atomic mass is 10.2. The molecule has 0 aliphatic carbocycles. The van der Waals surface area contributed by atoms with Crippen molar-refractivity contribution in [3.63, 3.8) is 0 Å². The van der Waals surface area contributed by atoms with E-state index in [2.05, 4.69) is 16.0 Å². The average Bonchev–Trinajstić information content (AvgIpc) is 2.97. The van der Waals surface area contributed by atoms with Crippen LogP contribution < -0.4 is 16.0 Å². The summed E-state index contributed by atoms with van der Waals surface area (Å²) in [5.41, 5.74) is 0.936. The molecule has 0 unspecified atom stereocenters. The Morgan fingerprint density at radius 1 is 1.00 bits per heavy atom. The van der Waals surface area contributed by atoms with Crippen LogP contribution in [-0.2, 0) is 20.9 Å². The molecule has 22 heavy (non-hydrogen) atoms. The smallest absolute Gasteiger partial charge is 0.313 e. The lowest BCUT2D eigenvalue weighted by molar-refractivity contribution is -0.136. The molecule has 114 valence electrons. The van der Waals surface area contributed by atoms with Gasteiger partial charge in [0.2, 0.25) is 5.91 Å². The molecule has 0 bridgehead atoms. The highest BCUT2D eigenvalue weighted by Gasteiger charge is 2.14. The maximum absolute atomic E-state index is 11.8. The largest absolute Gasteiger partial charge is 0.467 e. The fourth-order valence-corrected chi connectivity index (χ4v) is 1.73. The summed E-state index contributed by atoms with van der Waals surface area (Å²) < 4.78 is 5.05. The molecule has 1 aromatic heterocycles. The summed E-state index contributed by atoms with van der Waals surface area (Å²) in [5, 5.41) is 7.48. The van der Waals surface area contributed by atoms with Crippen molar-refractivity contribution in [1.29, 1.82) is 0 Å². The number of benzene rings is 1.